The number of anilines is 1. The van der Waals surface area contributed by atoms with Crippen LogP contribution in [0.3, 0.4) is 0 Å². The van der Waals surface area contributed by atoms with Crippen LogP contribution in [0, 0.1) is 5.82 Å². The van der Waals surface area contributed by atoms with Crippen molar-refractivity contribution in [1.82, 2.24) is 14.6 Å². The number of benzene rings is 1. The fourth-order valence-corrected chi connectivity index (χ4v) is 2.32. The molecule has 1 N–H and O–H groups in total. The van der Waals surface area contributed by atoms with E-state index < -0.39 is 5.82 Å². The molecule has 2 aromatic heterocycles. The molecule has 118 valence electrons. The first kappa shape index (κ1) is 15.1. The van der Waals surface area contributed by atoms with Gasteiger partial charge in [-0.25, -0.2) is 13.9 Å². The maximum absolute atomic E-state index is 13.2. The zero-order valence-corrected chi connectivity index (χ0v) is 13.2. The van der Waals surface area contributed by atoms with Crippen molar-refractivity contribution in [2.75, 3.05) is 5.32 Å². The first-order valence-electron chi connectivity index (χ1n) is 7.27. The molecule has 0 bridgehead atoms. The van der Waals surface area contributed by atoms with E-state index in [1.807, 2.05) is 20.8 Å². The third-order valence-electron chi connectivity index (χ3n) is 3.44. The van der Waals surface area contributed by atoms with Crippen LogP contribution in [-0.4, -0.2) is 20.5 Å². The van der Waals surface area contributed by atoms with Crippen LogP contribution in [0.4, 0.5) is 10.1 Å². The van der Waals surface area contributed by atoms with E-state index in [1.165, 1.54) is 12.1 Å². The number of carbonyl (C=O) groups excluding carboxylic acids is 1. The molecule has 3 aromatic rings. The normalized spacial score (nSPS) is 11.7. The van der Waals surface area contributed by atoms with Crippen molar-refractivity contribution < 1.29 is 9.18 Å². The van der Waals surface area contributed by atoms with Crippen molar-refractivity contribution in [3.63, 3.8) is 0 Å². The van der Waals surface area contributed by atoms with Crippen LogP contribution in [-0.2, 0) is 5.41 Å². The quantitative estimate of drug-likeness (QED) is 0.789. The minimum Gasteiger partial charge on any atom is -0.321 e. The lowest BCUT2D eigenvalue weighted by Gasteiger charge is -2.20. The van der Waals surface area contributed by atoms with Crippen molar-refractivity contribution in [3.8, 4) is 0 Å². The molecule has 1 amide bonds. The summed E-state index contributed by atoms with van der Waals surface area (Å²) in [5.41, 5.74) is 1.93. The summed E-state index contributed by atoms with van der Waals surface area (Å²) in [6.45, 7) is 6.12. The predicted octanol–water partition coefficient (Wildman–Crippen LogP) is 3.42. The number of amides is 1. The van der Waals surface area contributed by atoms with Crippen LogP contribution in [0.15, 0.2) is 42.6 Å². The Kier molecular flexibility index (Phi) is 3.60. The molecule has 0 aliphatic rings. The third kappa shape index (κ3) is 3.06. The summed E-state index contributed by atoms with van der Waals surface area (Å²) >= 11 is 0. The second kappa shape index (κ2) is 5.46. The number of nitrogens with zero attached hydrogens (tertiary/aromatic N) is 3. The Hall–Kier alpha value is -2.76. The van der Waals surface area contributed by atoms with Gasteiger partial charge in [-0.3, -0.25) is 4.79 Å². The summed E-state index contributed by atoms with van der Waals surface area (Å²) in [5, 5.41) is 6.92. The summed E-state index contributed by atoms with van der Waals surface area (Å²) in [7, 11) is 0. The maximum Gasteiger partial charge on any atom is 0.274 e. The largest absolute Gasteiger partial charge is 0.321 e. The van der Waals surface area contributed by atoms with E-state index in [-0.39, 0.29) is 17.0 Å². The van der Waals surface area contributed by atoms with E-state index in [1.54, 1.807) is 35.0 Å². The minimum atomic E-state index is -0.405. The van der Waals surface area contributed by atoms with Crippen molar-refractivity contribution in [3.05, 3.63) is 59.8 Å². The van der Waals surface area contributed by atoms with E-state index in [2.05, 4.69) is 15.4 Å². The molecule has 1 aromatic carbocycles. The van der Waals surface area contributed by atoms with Gasteiger partial charge in [0.2, 0.25) is 0 Å². The highest BCUT2D eigenvalue weighted by Gasteiger charge is 2.21. The lowest BCUT2D eigenvalue weighted by atomic mass is 9.91. The van der Waals surface area contributed by atoms with Crippen LogP contribution >= 0.6 is 0 Å². The highest BCUT2D eigenvalue weighted by atomic mass is 19.1. The molecule has 0 saturated heterocycles. The fraction of sp³-hybridized carbons (Fsp3) is 0.235. The molecule has 0 spiro atoms. The maximum atomic E-state index is 13.2. The number of rotatable bonds is 2. The first-order valence-corrected chi connectivity index (χ1v) is 7.27. The van der Waals surface area contributed by atoms with Crippen molar-refractivity contribution in [1.29, 1.82) is 0 Å². The van der Waals surface area contributed by atoms with Crippen molar-refractivity contribution in [2.24, 2.45) is 0 Å². The van der Waals surface area contributed by atoms with Crippen LogP contribution in [0.2, 0.25) is 0 Å². The summed E-state index contributed by atoms with van der Waals surface area (Å²) < 4.78 is 14.9. The van der Waals surface area contributed by atoms with Gasteiger partial charge in [0.25, 0.3) is 5.91 Å². The highest BCUT2D eigenvalue weighted by Crippen LogP contribution is 2.23. The molecular weight excluding hydrogens is 295 g/mol. The zero-order chi connectivity index (χ0) is 16.6. The summed E-state index contributed by atoms with van der Waals surface area (Å²) in [4.78, 5) is 16.8. The van der Waals surface area contributed by atoms with Gasteiger partial charge >= 0.3 is 0 Å². The summed E-state index contributed by atoms with van der Waals surface area (Å²) in [5.74, 6) is -0.790. The zero-order valence-electron chi connectivity index (χ0n) is 13.2. The van der Waals surface area contributed by atoms with Crippen molar-refractivity contribution in [2.45, 2.75) is 26.2 Å². The lowest BCUT2D eigenvalue weighted by Crippen LogP contribution is -2.21. The van der Waals surface area contributed by atoms with Gasteiger partial charge in [0.05, 0.1) is 11.9 Å². The van der Waals surface area contributed by atoms with E-state index in [0.29, 0.717) is 11.3 Å². The number of halogens is 1. The molecule has 23 heavy (non-hydrogen) atoms. The molecule has 2 heterocycles. The molecule has 3 rings (SSSR count). The van der Waals surface area contributed by atoms with E-state index in [4.69, 9.17) is 0 Å². The second-order valence-corrected chi connectivity index (χ2v) is 6.34. The number of hydrogen-bond donors (Lipinski definition) is 1. The smallest absolute Gasteiger partial charge is 0.274 e. The minimum absolute atomic E-state index is 0.207. The van der Waals surface area contributed by atoms with Gasteiger partial charge in [0.1, 0.15) is 11.5 Å². The Morgan fingerprint density at radius 2 is 2.00 bits per heavy atom. The Morgan fingerprint density at radius 3 is 2.70 bits per heavy atom. The monoisotopic (exact) mass is 312 g/mol. The van der Waals surface area contributed by atoms with E-state index in [0.717, 1.165) is 5.69 Å². The molecular formula is C17H17FN4O. The van der Waals surface area contributed by atoms with E-state index >= 15 is 0 Å². The molecule has 0 saturated carbocycles. The van der Waals surface area contributed by atoms with Gasteiger partial charge in [-0.05, 0) is 24.3 Å². The van der Waals surface area contributed by atoms with Crippen LogP contribution in [0.1, 0.15) is 37.0 Å². The summed E-state index contributed by atoms with van der Waals surface area (Å²) in [6, 6.07) is 9.22. The Balaban J connectivity index is 2.01. The van der Waals surface area contributed by atoms with Gasteiger partial charge in [-0.1, -0.05) is 26.8 Å². The van der Waals surface area contributed by atoms with Crippen LogP contribution < -0.4 is 5.32 Å². The van der Waals surface area contributed by atoms with Gasteiger partial charge < -0.3 is 5.32 Å². The molecule has 0 fully saturated rings. The Labute approximate surface area is 133 Å². The molecule has 0 aliphatic carbocycles. The van der Waals surface area contributed by atoms with Gasteiger partial charge in [0.15, 0.2) is 5.65 Å². The average molecular weight is 312 g/mol. The highest BCUT2D eigenvalue weighted by molar-refractivity contribution is 6.03. The van der Waals surface area contributed by atoms with Gasteiger partial charge in [0, 0.05) is 17.2 Å². The Morgan fingerprint density at radius 1 is 1.22 bits per heavy atom. The fourth-order valence-electron chi connectivity index (χ4n) is 2.32. The lowest BCUT2D eigenvalue weighted by molar-refractivity contribution is 0.102. The predicted molar refractivity (Wildman–Crippen MR) is 86.0 cm³/mol. The topological polar surface area (TPSA) is 59.3 Å². The van der Waals surface area contributed by atoms with Gasteiger partial charge in [-0.15, -0.1) is 0 Å². The Bertz CT molecular complexity index is 880. The standard InChI is InChI=1S/C17H17FN4O/c1-17(2,3)14-10-13(21-15-7-8-19-22(14)15)16(23)20-12-6-4-5-11(18)9-12/h4-10H,1-3H3,(H,20,23). The SMILES string of the molecule is CC(C)(C)c1cc(C(=O)Nc2cccc(F)c2)nc2ccnn12. The number of nitrogens with one attached hydrogen (secondary N) is 1. The molecule has 0 atom stereocenters. The molecule has 0 radical (unpaired) electrons. The van der Waals surface area contributed by atoms with Crippen LogP contribution in [0.5, 0.6) is 0 Å². The number of carbonyl (C=O) groups is 1. The van der Waals surface area contributed by atoms with Crippen molar-refractivity contribution >= 4 is 17.2 Å². The molecule has 6 heteroatoms. The third-order valence-corrected chi connectivity index (χ3v) is 3.44. The molecule has 5 nitrogen and oxygen atoms in total. The summed E-state index contributed by atoms with van der Waals surface area (Å²) in [6.07, 6.45) is 1.64. The molecule has 0 aliphatic heterocycles. The number of fused-ring (bicyclic) bond motifs is 1. The van der Waals surface area contributed by atoms with Crippen LogP contribution in [0.25, 0.3) is 5.65 Å². The first-order chi connectivity index (χ1) is 10.8. The van der Waals surface area contributed by atoms with E-state index in [9.17, 15) is 9.18 Å². The molecule has 0 unspecified atom stereocenters. The van der Waals surface area contributed by atoms with Gasteiger partial charge in [-0.2, -0.15) is 5.10 Å². The second-order valence-electron chi connectivity index (χ2n) is 6.34. The number of aromatic nitrogens is 3. The number of hydrogen-bond acceptors (Lipinski definition) is 3. The average Bonchev–Trinajstić information content (AvgIpc) is 2.93.